The van der Waals surface area contributed by atoms with Crippen molar-refractivity contribution in [2.24, 2.45) is 12.8 Å². The molecular formula is C17H19N3O4S. The smallest absolute Gasteiger partial charge is 0.249 e. The van der Waals surface area contributed by atoms with Crippen LogP contribution in [0.15, 0.2) is 30.3 Å². The molecule has 25 heavy (non-hydrogen) atoms. The zero-order chi connectivity index (χ0) is 18.4. The molecule has 0 aliphatic rings. The highest BCUT2D eigenvalue weighted by molar-refractivity contribution is 7.92. The van der Waals surface area contributed by atoms with E-state index in [1.807, 2.05) is 11.6 Å². The zero-order valence-electron chi connectivity index (χ0n) is 14.2. The molecule has 0 saturated carbocycles. The van der Waals surface area contributed by atoms with Gasteiger partial charge in [0.25, 0.3) is 0 Å². The Hall–Kier alpha value is -2.74. The fourth-order valence-corrected chi connectivity index (χ4v) is 3.64. The predicted molar refractivity (Wildman–Crippen MR) is 98.6 cm³/mol. The highest BCUT2D eigenvalue weighted by atomic mass is 32.2. The van der Waals surface area contributed by atoms with Gasteiger partial charge in [-0.05, 0) is 37.3 Å². The first-order valence-electron chi connectivity index (χ1n) is 7.68. The molecule has 0 spiro atoms. The largest absolute Gasteiger partial charge is 0.495 e. The van der Waals surface area contributed by atoms with Gasteiger partial charge in [0, 0.05) is 34.6 Å². The van der Waals surface area contributed by atoms with E-state index in [4.69, 9.17) is 10.5 Å². The number of amides is 1. The summed E-state index contributed by atoms with van der Waals surface area (Å²) < 4.78 is 33.5. The molecule has 0 radical (unpaired) electrons. The molecule has 1 aromatic heterocycles. The second kappa shape index (κ2) is 5.96. The van der Waals surface area contributed by atoms with Crippen LogP contribution in [0.4, 0.5) is 5.69 Å². The minimum absolute atomic E-state index is 0.0269. The van der Waals surface area contributed by atoms with Crippen molar-refractivity contribution in [1.29, 1.82) is 0 Å². The molecule has 3 N–H and O–H groups in total. The third-order valence-electron chi connectivity index (χ3n) is 4.24. The number of anilines is 1. The number of carbonyl (C=O) groups excluding carboxylic acids is 1. The molecule has 1 heterocycles. The van der Waals surface area contributed by atoms with Crippen molar-refractivity contribution in [3.8, 4) is 5.75 Å². The average molecular weight is 361 g/mol. The lowest BCUT2D eigenvalue weighted by atomic mass is 10.0. The van der Waals surface area contributed by atoms with Crippen LogP contribution in [-0.4, -0.2) is 31.8 Å². The molecule has 0 aliphatic heterocycles. The number of nitrogens with two attached hydrogens (primary N) is 1. The van der Waals surface area contributed by atoms with Gasteiger partial charge in [0.05, 0.1) is 18.4 Å². The molecule has 3 aromatic rings. The van der Waals surface area contributed by atoms with Crippen LogP contribution >= 0.6 is 0 Å². The van der Waals surface area contributed by atoms with Gasteiger partial charge in [-0.2, -0.15) is 0 Å². The van der Waals surface area contributed by atoms with Crippen molar-refractivity contribution in [3.63, 3.8) is 0 Å². The Morgan fingerprint density at radius 3 is 2.60 bits per heavy atom. The van der Waals surface area contributed by atoms with Gasteiger partial charge in [-0.1, -0.05) is 0 Å². The second-order valence-corrected chi connectivity index (χ2v) is 7.71. The van der Waals surface area contributed by atoms with Crippen molar-refractivity contribution < 1.29 is 17.9 Å². The summed E-state index contributed by atoms with van der Waals surface area (Å²) in [5.41, 5.74) is 7.88. The summed E-state index contributed by atoms with van der Waals surface area (Å²) in [7, 11) is 0.00770. The van der Waals surface area contributed by atoms with Gasteiger partial charge in [0.2, 0.25) is 15.9 Å². The number of methoxy groups -OCH3 is 1. The van der Waals surface area contributed by atoms with Gasteiger partial charge >= 0.3 is 0 Å². The standard InChI is InChI=1S/C17H19N3O4S/c1-4-25(22,23)19-10-5-7-13-12(9-10)15-11(17(18)21)6-8-14(24-3)16(15)20(13)2/h5-9,19H,4H2,1-3H3,(H2,18,21). The van der Waals surface area contributed by atoms with Crippen LogP contribution in [0.2, 0.25) is 0 Å². The van der Waals surface area contributed by atoms with Gasteiger partial charge in [0.1, 0.15) is 5.75 Å². The number of aryl methyl sites for hydroxylation is 1. The van der Waals surface area contributed by atoms with E-state index in [1.165, 1.54) is 0 Å². The molecule has 0 saturated heterocycles. The van der Waals surface area contributed by atoms with E-state index in [2.05, 4.69) is 4.72 Å². The van der Waals surface area contributed by atoms with E-state index in [0.29, 0.717) is 22.4 Å². The molecule has 7 nitrogen and oxygen atoms in total. The summed E-state index contributed by atoms with van der Waals surface area (Å²) in [5, 5.41) is 1.36. The molecule has 0 atom stereocenters. The van der Waals surface area contributed by atoms with E-state index in [1.54, 1.807) is 44.4 Å². The van der Waals surface area contributed by atoms with Crippen molar-refractivity contribution >= 4 is 43.4 Å². The van der Waals surface area contributed by atoms with Crippen LogP contribution in [0.5, 0.6) is 5.75 Å². The van der Waals surface area contributed by atoms with E-state index in [-0.39, 0.29) is 5.75 Å². The highest BCUT2D eigenvalue weighted by Crippen LogP contribution is 2.37. The number of carbonyl (C=O) groups is 1. The maximum Gasteiger partial charge on any atom is 0.249 e. The molecule has 132 valence electrons. The molecule has 8 heteroatoms. The zero-order valence-corrected chi connectivity index (χ0v) is 15.0. The SMILES string of the molecule is CCS(=O)(=O)Nc1ccc2c(c1)c1c(C(N)=O)ccc(OC)c1n2C. The number of sulfonamides is 1. The Labute approximate surface area is 145 Å². The average Bonchev–Trinajstić information content (AvgIpc) is 2.87. The maximum atomic E-state index is 11.9. The van der Waals surface area contributed by atoms with Crippen LogP contribution in [0.3, 0.4) is 0 Å². The van der Waals surface area contributed by atoms with Gasteiger partial charge in [-0.15, -0.1) is 0 Å². The van der Waals surface area contributed by atoms with E-state index in [9.17, 15) is 13.2 Å². The molecule has 0 unspecified atom stereocenters. The summed E-state index contributed by atoms with van der Waals surface area (Å²) in [6.45, 7) is 1.56. The van der Waals surface area contributed by atoms with Crippen LogP contribution in [0.25, 0.3) is 21.8 Å². The number of aromatic nitrogens is 1. The first-order valence-corrected chi connectivity index (χ1v) is 9.33. The van der Waals surface area contributed by atoms with Crippen LogP contribution in [0.1, 0.15) is 17.3 Å². The number of ether oxygens (including phenoxy) is 1. The number of hydrogen-bond donors (Lipinski definition) is 2. The summed E-state index contributed by atoms with van der Waals surface area (Å²) in [6.07, 6.45) is 0. The molecule has 0 aliphatic carbocycles. The number of fused-ring (bicyclic) bond motifs is 3. The normalized spacial score (nSPS) is 11.8. The molecule has 3 rings (SSSR count). The molecule has 2 aromatic carbocycles. The van der Waals surface area contributed by atoms with Gasteiger partial charge < -0.3 is 15.0 Å². The van der Waals surface area contributed by atoms with Crippen molar-refractivity contribution in [3.05, 3.63) is 35.9 Å². The summed E-state index contributed by atoms with van der Waals surface area (Å²) in [6, 6.07) is 8.50. The van der Waals surface area contributed by atoms with Gasteiger partial charge in [0.15, 0.2) is 0 Å². The minimum Gasteiger partial charge on any atom is -0.495 e. The molecule has 1 amide bonds. The van der Waals surface area contributed by atoms with E-state index >= 15 is 0 Å². The highest BCUT2D eigenvalue weighted by Gasteiger charge is 2.19. The van der Waals surface area contributed by atoms with E-state index in [0.717, 1.165) is 16.4 Å². The Bertz CT molecular complexity index is 1100. The number of nitrogens with zero attached hydrogens (tertiary/aromatic N) is 1. The first kappa shape index (κ1) is 17.1. The van der Waals surface area contributed by atoms with Gasteiger partial charge in [-0.25, -0.2) is 8.42 Å². The molecular weight excluding hydrogens is 342 g/mol. The van der Waals surface area contributed by atoms with E-state index < -0.39 is 15.9 Å². The van der Waals surface area contributed by atoms with Crippen molar-refractivity contribution in [2.45, 2.75) is 6.92 Å². The Morgan fingerprint density at radius 1 is 1.28 bits per heavy atom. The predicted octanol–water partition coefficient (Wildman–Crippen LogP) is 2.20. The summed E-state index contributed by atoms with van der Waals surface area (Å²) >= 11 is 0. The lowest BCUT2D eigenvalue weighted by Crippen LogP contribution is -2.14. The third kappa shape index (κ3) is 2.78. The third-order valence-corrected chi connectivity index (χ3v) is 5.55. The minimum atomic E-state index is -3.40. The van der Waals surface area contributed by atoms with Crippen molar-refractivity contribution in [2.75, 3.05) is 17.6 Å². The molecule has 0 bridgehead atoms. The second-order valence-electron chi connectivity index (χ2n) is 5.70. The quantitative estimate of drug-likeness (QED) is 0.727. The summed E-state index contributed by atoms with van der Waals surface area (Å²) in [5.74, 6) is 0.0232. The Kier molecular flexibility index (Phi) is 4.08. The van der Waals surface area contributed by atoms with Gasteiger partial charge in [-0.3, -0.25) is 9.52 Å². The van der Waals surface area contributed by atoms with Crippen LogP contribution in [0, 0.1) is 0 Å². The topological polar surface area (TPSA) is 103 Å². The maximum absolute atomic E-state index is 11.9. The Balaban J connectivity index is 2.39. The number of rotatable bonds is 5. The fourth-order valence-electron chi connectivity index (χ4n) is 3.01. The lowest BCUT2D eigenvalue weighted by Gasteiger charge is -2.07. The number of hydrogen-bond acceptors (Lipinski definition) is 4. The van der Waals surface area contributed by atoms with Crippen LogP contribution < -0.4 is 15.2 Å². The van der Waals surface area contributed by atoms with Crippen LogP contribution in [-0.2, 0) is 17.1 Å². The van der Waals surface area contributed by atoms with Crippen molar-refractivity contribution in [1.82, 2.24) is 4.57 Å². The molecule has 0 fully saturated rings. The number of benzene rings is 2. The summed E-state index contributed by atoms with van der Waals surface area (Å²) in [4.78, 5) is 11.9. The first-order chi connectivity index (χ1) is 11.8. The Morgan fingerprint density at radius 2 is 2.00 bits per heavy atom. The lowest BCUT2D eigenvalue weighted by molar-refractivity contribution is 0.100. The monoisotopic (exact) mass is 361 g/mol. The number of primary amides is 1. The fraction of sp³-hybridized carbons (Fsp3) is 0.235. The number of nitrogens with one attached hydrogen (secondary N) is 1.